The molecule has 3 aromatic carbocycles. The van der Waals surface area contributed by atoms with Crippen molar-refractivity contribution in [3.8, 4) is 17.2 Å². The van der Waals surface area contributed by atoms with Gasteiger partial charge in [0.05, 0.1) is 45.8 Å². The number of ether oxygens (including phenoxy) is 1. The molecule has 0 bridgehead atoms. The van der Waals surface area contributed by atoms with E-state index in [2.05, 4.69) is 51.4 Å². The number of nitrogens with one attached hydrogen (secondary N) is 2. The molecule has 3 aliphatic rings. The molecule has 0 radical (unpaired) electrons. The predicted octanol–water partition coefficient (Wildman–Crippen LogP) is 7.61. The predicted molar refractivity (Wildman–Crippen MR) is 242 cm³/mol. The summed E-state index contributed by atoms with van der Waals surface area (Å²) in [7, 11) is 3.19. The number of carbonyl (C=O) groups is 2. The Kier molecular flexibility index (Phi) is 11.3. The van der Waals surface area contributed by atoms with Crippen LogP contribution in [0.4, 0.5) is 8.78 Å². The van der Waals surface area contributed by atoms with Gasteiger partial charge in [-0.15, -0.1) is 0 Å². The number of nitrogens with zero attached hydrogens (tertiary/aromatic N) is 8. The smallest absolute Gasteiger partial charge is 0.338 e. The number of aromatic nitrogens is 7. The maximum atomic E-state index is 15.9. The van der Waals surface area contributed by atoms with Gasteiger partial charge in [0, 0.05) is 61.4 Å². The van der Waals surface area contributed by atoms with Gasteiger partial charge in [-0.1, -0.05) is 11.2 Å². The fourth-order valence-electron chi connectivity index (χ4n) is 9.40. The molecule has 15 nitrogen and oxygen atoms in total. The maximum absolute atomic E-state index is 15.9. The van der Waals surface area contributed by atoms with E-state index in [9.17, 15) is 18.8 Å². The zero-order chi connectivity index (χ0) is 45.9. The highest BCUT2D eigenvalue weighted by Gasteiger charge is 2.37. The molecule has 1 saturated heterocycles. The minimum atomic E-state index is -0.571. The van der Waals surface area contributed by atoms with Gasteiger partial charge in [-0.3, -0.25) is 23.4 Å². The van der Waals surface area contributed by atoms with Crippen LogP contribution in [0, 0.1) is 31.4 Å². The molecule has 2 fully saturated rings. The minimum absolute atomic E-state index is 0.0741. The van der Waals surface area contributed by atoms with Crippen molar-refractivity contribution in [2.75, 3.05) is 20.3 Å². The first-order valence-electron chi connectivity index (χ1n) is 21.9. The first-order valence-corrected chi connectivity index (χ1v) is 21.9. The molecule has 0 spiro atoms. The summed E-state index contributed by atoms with van der Waals surface area (Å²) in [6.45, 7) is 10.7. The van der Waals surface area contributed by atoms with Crippen LogP contribution in [0.3, 0.4) is 0 Å². The molecule has 2 aliphatic heterocycles. The van der Waals surface area contributed by atoms with Gasteiger partial charge in [-0.25, -0.2) is 18.3 Å². The second-order valence-electron chi connectivity index (χ2n) is 17.9. The summed E-state index contributed by atoms with van der Waals surface area (Å²) in [5, 5.41) is 16.6. The number of rotatable bonds is 8. The lowest BCUT2D eigenvalue weighted by Gasteiger charge is -2.35. The van der Waals surface area contributed by atoms with E-state index in [-0.39, 0.29) is 23.0 Å². The molecule has 1 aliphatic carbocycles. The van der Waals surface area contributed by atoms with E-state index < -0.39 is 17.5 Å². The fraction of sp³-hybridized carbons (Fsp3) is 0.375. The highest BCUT2D eigenvalue weighted by Crippen LogP contribution is 2.39. The van der Waals surface area contributed by atoms with E-state index in [0.717, 1.165) is 48.9 Å². The number of amidine groups is 1. The van der Waals surface area contributed by atoms with Gasteiger partial charge >= 0.3 is 5.69 Å². The van der Waals surface area contributed by atoms with Crippen molar-refractivity contribution < 1.29 is 27.9 Å². The number of carbonyl (C=O) groups excluding carboxylic acids is 2. The lowest BCUT2D eigenvalue weighted by molar-refractivity contribution is -0.108. The zero-order valence-electron chi connectivity index (χ0n) is 37.5. The van der Waals surface area contributed by atoms with E-state index in [1.165, 1.54) is 34.2 Å². The average Bonchev–Trinajstić information content (AvgIpc) is 3.54. The monoisotopic (exact) mass is 886 g/mol. The van der Waals surface area contributed by atoms with Crippen molar-refractivity contribution >= 4 is 40.0 Å². The van der Waals surface area contributed by atoms with Crippen molar-refractivity contribution in [3.05, 3.63) is 123 Å². The number of hydrogen-bond acceptors (Lipinski definition) is 8. The second kappa shape index (κ2) is 16.9. The lowest BCUT2D eigenvalue weighted by Crippen LogP contribution is -2.39. The van der Waals surface area contributed by atoms with Crippen LogP contribution in [0.15, 0.2) is 77.1 Å². The summed E-state index contributed by atoms with van der Waals surface area (Å²) in [4.78, 5) is 48.4. The highest BCUT2D eigenvalue weighted by molar-refractivity contribution is 5.98. The summed E-state index contributed by atoms with van der Waals surface area (Å²) < 4.78 is 42.6. The fourth-order valence-corrected chi connectivity index (χ4v) is 9.40. The van der Waals surface area contributed by atoms with Crippen LogP contribution in [0.2, 0.25) is 0 Å². The SMILES string of the molecule is CO/N=C(\NC=O)C1CC1.Cc1cc(-n2nc3c(c2-n2ccn(-c4ccc5c(cnn5C)c4F)c2=O)C(C)N(C(=O)c2cc4cc(C5CCOC(C)(C)C5)ccc4[nH]2)CC3)cc(C)c1F. The van der Waals surface area contributed by atoms with Crippen LogP contribution in [0.5, 0.6) is 0 Å². The molecule has 338 valence electrons. The molecule has 65 heavy (non-hydrogen) atoms. The van der Waals surface area contributed by atoms with Gasteiger partial charge in [0.1, 0.15) is 24.4 Å². The Morgan fingerprint density at radius 3 is 2.49 bits per heavy atom. The Morgan fingerprint density at radius 1 is 1.03 bits per heavy atom. The average molecular weight is 887 g/mol. The Hall–Kier alpha value is -6.88. The largest absolute Gasteiger partial charge is 0.398 e. The Labute approximate surface area is 373 Å². The van der Waals surface area contributed by atoms with E-state index in [4.69, 9.17) is 9.84 Å². The van der Waals surface area contributed by atoms with Crippen molar-refractivity contribution in [2.24, 2.45) is 18.1 Å². The normalized spacial score (nSPS) is 18.4. The number of halogens is 2. The minimum Gasteiger partial charge on any atom is -0.398 e. The Morgan fingerprint density at radius 2 is 1.78 bits per heavy atom. The van der Waals surface area contributed by atoms with Gasteiger partial charge < -0.3 is 24.8 Å². The molecule has 2 N–H and O–H groups in total. The molecule has 4 aromatic heterocycles. The number of fused-ring (bicyclic) bond motifs is 3. The van der Waals surface area contributed by atoms with Crippen LogP contribution < -0.4 is 11.0 Å². The molecule has 10 rings (SSSR count). The molecular formula is C48H52F2N10O5. The standard InChI is InChI=1S/C42H42F2N8O3.C6H10N2O2/c1-23-17-29(18-24(2)37(23)43)52-39(51-15-14-50(41(51)54)35-10-9-34-30(38(35)44)22-45-48(34)6)36-25(3)49(13-11-32(36)47-52)40(53)33-20-28-19-26(7-8-31(28)46-33)27-12-16-55-42(4,5)21-27;1-10-8-6(7-4-9)5-2-3-5/h7-10,14-15,17-20,22,25,27,46H,11-13,16,21H2,1-6H3;4-5H,2-3H2,1H3,(H,7,8,9). The van der Waals surface area contributed by atoms with Crippen LogP contribution in [0.25, 0.3) is 39.0 Å². The quantitative estimate of drug-likeness (QED) is 0.0688. The number of aryl methyl sites for hydroxylation is 3. The molecule has 17 heteroatoms. The summed E-state index contributed by atoms with van der Waals surface area (Å²) in [6, 6.07) is 14.4. The molecule has 2 unspecified atom stereocenters. The third-order valence-corrected chi connectivity index (χ3v) is 12.9. The number of imidazole rings is 1. The van der Waals surface area contributed by atoms with Gasteiger partial charge in [0.2, 0.25) is 6.41 Å². The third kappa shape index (κ3) is 8.02. The first-order chi connectivity index (χ1) is 31.2. The number of benzene rings is 3. The molecule has 6 heterocycles. The van der Waals surface area contributed by atoms with Crippen molar-refractivity contribution in [1.29, 1.82) is 0 Å². The molecule has 7 aromatic rings. The van der Waals surface area contributed by atoms with Crippen LogP contribution in [-0.4, -0.2) is 82.6 Å². The van der Waals surface area contributed by atoms with Crippen molar-refractivity contribution in [2.45, 2.75) is 84.3 Å². The highest BCUT2D eigenvalue weighted by atomic mass is 19.1. The maximum Gasteiger partial charge on any atom is 0.338 e. The van der Waals surface area contributed by atoms with Gasteiger partial charge in [0.25, 0.3) is 5.91 Å². The summed E-state index contributed by atoms with van der Waals surface area (Å²) >= 11 is 0. The number of H-pyrrole nitrogens is 1. The molecule has 2 amide bonds. The summed E-state index contributed by atoms with van der Waals surface area (Å²) in [5.41, 5.74) is 5.37. The molecule has 1 saturated carbocycles. The van der Waals surface area contributed by atoms with E-state index in [0.29, 0.717) is 81.8 Å². The number of amides is 2. The lowest BCUT2D eigenvalue weighted by atomic mass is 9.83. The van der Waals surface area contributed by atoms with Gasteiger partial charge in [-0.05, 0) is 125 Å². The molecular weight excluding hydrogens is 835 g/mol. The number of oxime groups is 1. The zero-order valence-corrected chi connectivity index (χ0v) is 37.5. The topological polar surface area (TPSA) is 159 Å². The third-order valence-electron chi connectivity index (χ3n) is 12.9. The van der Waals surface area contributed by atoms with Crippen LogP contribution >= 0.6 is 0 Å². The van der Waals surface area contributed by atoms with Crippen molar-refractivity contribution in [3.63, 3.8) is 0 Å². The summed E-state index contributed by atoms with van der Waals surface area (Å²) in [6.07, 6.45) is 9.66. The Bertz CT molecular complexity index is 3050. The van der Waals surface area contributed by atoms with E-state index >= 15 is 4.39 Å². The number of aromatic amines is 1. The Balaban J connectivity index is 0.000000473. The van der Waals surface area contributed by atoms with Crippen LogP contribution in [0.1, 0.15) is 96.9 Å². The summed E-state index contributed by atoms with van der Waals surface area (Å²) in [5.74, 6) is 0.781. The van der Waals surface area contributed by atoms with Crippen LogP contribution in [-0.2, 0) is 27.8 Å². The van der Waals surface area contributed by atoms with Crippen molar-refractivity contribution in [1.82, 2.24) is 43.9 Å². The second-order valence-corrected chi connectivity index (χ2v) is 17.9. The van der Waals surface area contributed by atoms with E-state index in [1.54, 1.807) is 65.6 Å². The van der Waals surface area contributed by atoms with Gasteiger partial charge in [0.15, 0.2) is 11.7 Å². The first kappa shape index (κ1) is 43.4. The molecule has 2 atom stereocenters. The van der Waals surface area contributed by atoms with E-state index in [1.807, 2.05) is 19.1 Å². The number of hydrogen-bond donors (Lipinski definition) is 2. The van der Waals surface area contributed by atoms with Gasteiger partial charge in [-0.2, -0.15) is 10.2 Å².